The molecule has 4 atom stereocenters. The lowest BCUT2D eigenvalue weighted by molar-refractivity contribution is -0.122. The predicted molar refractivity (Wildman–Crippen MR) is 151 cm³/mol. The molecule has 8 heteroatoms. The lowest BCUT2D eigenvalue weighted by Gasteiger charge is -2.38. The van der Waals surface area contributed by atoms with Crippen LogP contribution < -0.4 is 14.8 Å². The number of furan rings is 1. The Balaban J connectivity index is 1.51. The molecule has 41 heavy (non-hydrogen) atoms. The molecule has 8 nitrogen and oxygen atoms in total. The molecule has 0 saturated carbocycles. The smallest absolute Gasteiger partial charge is 0.238 e. The van der Waals surface area contributed by atoms with Gasteiger partial charge in [-0.1, -0.05) is 42.5 Å². The first-order chi connectivity index (χ1) is 20.0. The van der Waals surface area contributed by atoms with Crippen molar-refractivity contribution in [3.05, 3.63) is 119 Å². The SMILES string of the molecule is COc1ccc(C(=O)[C@@H]2[C@@H](C(=O)c3ccco3)[C@@]3(C(=O)Nc4ccccc43)[C@H]3c4ccccc4C=CN23)cc1OC. The molecule has 1 spiro atoms. The zero-order chi connectivity index (χ0) is 28.3. The second kappa shape index (κ2) is 9.23. The largest absolute Gasteiger partial charge is 0.493 e. The quantitative estimate of drug-likeness (QED) is 0.329. The predicted octanol–water partition coefficient (Wildman–Crippen LogP) is 5.28. The first-order valence-electron chi connectivity index (χ1n) is 13.3. The maximum absolute atomic E-state index is 14.6. The van der Waals surface area contributed by atoms with Crippen molar-refractivity contribution in [1.82, 2.24) is 4.90 Å². The average Bonchev–Trinajstić information content (AvgIpc) is 3.73. The number of nitrogens with one attached hydrogen (secondary N) is 1. The number of hydrogen-bond donors (Lipinski definition) is 1. The van der Waals surface area contributed by atoms with Gasteiger partial charge in [0.25, 0.3) is 0 Å². The van der Waals surface area contributed by atoms with Crippen LogP contribution in [0.1, 0.15) is 43.6 Å². The molecule has 0 bridgehead atoms. The van der Waals surface area contributed by atoms with Crippen molar-refractivity contribution in [3.8, 4) is 11.5 Å². The van der Waals surface area contributed by atoms with Gasteiger partial charge in [-0.05, 0) is 59.2 Å². The Morgan fingerprint density at radius 1 is 0.902 bits per heavy atom. The van der Waals surface area contributed by atoms with E-state index in [0.29, 0.717) is 28.3 Å². The molecule has 1 aromatic heterocycles. The molecule has 0 unspecified atom stereocenters. The summed E-state index contributed by atoms with van der Waals surface area (Å²) >= 11 is 0. The summed E-state index contributed by atoms with van der Waals surface area (Å²) in [6.45, 7) is 0. The Labute approximate surface area is 236 Å². The minimum Gasteiger partial charge on any atom is -0.493 e. The fourth-order valence-corrected chi connectivity index (χ4v) is 6.90. The van der Waals surface area contributed by atoms with E-state index in [-0.39, 0.29) is 17.5 Å². The molecule has 4 heterocycles. The highest BCUT2D eigenvalue weighted by molar-refractivity contribution is 6.16. The van der Waals surface area contributed by atoms with E-state index in [2.05, 4.69) is 5.32 Å². The zero-order valence-electron chi connectivity index (χ0n) is 22.4. The van der Waals surface area contributed by atoms with Gasteiger partial charge in [-0.3, -0.25) is 14.4 Å². The molecular formula is C33H26N2O6. The van der Waals surface area contributed by atoms with Gasteiger partial charge in [-0.25, -0.2) is 0 Å². The van der Waals surface area contributed by atoms with E-state index in [4.69, 9.17) is 13.9 Å². The number of Topliss-reactive ketones (excluding diaryl/α,β-unsaturated/α-hetero) is 2. The fraction of sp³-hybridized carbons (Fsp3) is 0.182. The van der Waals surface area contributed by atoms with Crippen LogP contribution in [0.15, 0.2) is 95.7 Å². The normalized spacial score (nSPS) is 23.5. The summed E-state index contributed by atoms with van der Waals surface area (Å²) in [5.74, 6) is -1.22. The van der Waals surface area contributed by atoms with Crippen LogP contribution in [-0.4, -0.2) is 42.6 Å². The van der Waals surface area contributed by atoms with E-state index in [1.54, 1.807) is 30.3 Å². The molecule has 3 aromatic carbocycles. The second-order valence-corrected chi connectivity index (χ2v) is 10.4. The minimum atomic E-state index is -1.42. The number of ether oxygens (including phenoxy) is 2. The van der Waals surface area contributed by atoms with Gasteiger partial charge in [0.05, 0.1) is 32.4 Å². The first-order valence-corrected chi connectivity index (χ1v) is 13.3. The molecule has 0 radical (unpaired) electrons. The number of carbonyl (C=O) groups is 3. The van der Waals surface area contributed by atoms with Gasteiger partial charge < -0.3 is 24.1 Å². The third-order valence-electron chi connectivity index (χ3n) is 8.55. The Morgan fingerprint density at radius 3 is 2.46 bits per heavy atom. The van der Waals surface area contributed by atoms with Gasteiger partial charge in [0.2, 0.25) is 11.7 Å². The third-order valence-corrected chi connectivity index (χ3v) is 8.55. The van der Waals surface area contributed by atoms with Gasteiger partial charge in [-0.2, -0.15) is 0 Å². The van der Waals surface area contributed by atoms with Crippen molar-refractivity contribution in [2.24, 2.45) is 5.92 Å². The van der Waals surface area contributed by atoms with Gasteiger partial charge in [0, 0.05) is 17.5 Å². The molecule has 3 aliphatic heterocycles. The van der Waals surface area contributed by atoms with E-state index in [9.17, 15) is 14.4 Å². The zero-order valence-corrected chi connectivity index (χ0v) is 22.4. The van der Waals surface area contributed by atoms with Crippen molar-refractivity contribution in [3.63, 3.8) is 0 Å². The Hall–Kier alpha value is -5.11. The highest BCUT2D eigenvalue weighted by Crippen LogP contribution is 2.62. The standard InChI is InChI=1S/C33H26N2O6/c1-39-24-14-13-20(18-26(24)40-2)29(36)28-27(30(37)25-12-7-17-41-25)33(22-10-5-6-11-23(22)34-32(33)38)31-21-9-4-3-8-19(21)15-16-35(28)31/h3-18,27-28,31H,1-2H3,(H,34,38)/t27-,28-,31+,33+/m0/s1. The first kappa shape index (κ1) is 24.9. The third kappa shape index (κ3) is 3.37. The molecule has 4 aromatic rings. The summed E-state index contributed by atoms with van der Waals surface area (Å²) in [5, 5.41) is 3.04. The summed E-state index contributed by atoms with van der Waals surface area (Å²) in [5.41, 5.74) is 2.01. The molecule has 1 fully saturated rings. The van der Waals surface area contributed by atoms with E-state index in [0.717, 1.165) is 11.1 Å². The summed E-state index contributed by atoms with van der Waals surface area (Å²) in [4.78, 5) is 45.5. The maximum atomic E-state index is 14.6. The number of fused-ring (bicyclic) bond motifs is 6. The summed E-state index contributed by atoms with van der Waals surface area (Å²) in [6, 6.07) is 21.7. The van der Waals surface area contributed by atoms with Gasteiger partial charge in [0.1, 0.15) is 11.5 Å². The molecule has 7 rings (SSSR count). The van der Waals surface area contributed by atoms with E-state index < -0.39 is 29.2 Å². The van der Waals surface area contributed by atoms with E-state index in [1.807, 2.05) is 65.7 Å². The van der Waals surface area contributed by atoms with Crippen LogP contribution in [0.25, 0.3) is 6.08 Å². The number of benzene rings is 3. The van der Waals surface area contributed by atoms with Crippen molar-refractivity contribution < 1.29 is 28.3 Å². The molecule has 0 aliphatic carbocycles. The Morgan fingerprint density at radius 2 is 1.68 bits per heavy atom. The molecule has 1 amide bonds. The molecule has 204 valence electrons. The highest BCUT2D eigenvalue weighted by Gasteiger charge is 2.71. The number of methoxy groups -OCH3 is 2. The highest BCUT2D eigenvalue weighted by atomic mass is 16.5. The van der Waals surface area contributed by atoms with Crippen molar-refractivity contribution in [1.29, 1.82) is 0 Å². The van der Waals surface area contributed by atoms with Crippen LogP contribution in [0.3, 0.4) is 0 Å². The van der Waals surface area contributed by atoms with E-state index in [1.165, 1.54) is 20.5 Å². The van der Waals surface area contributed by atoms with Crippen molar-refractivity contribution in [2.45, 2.75) is 17.5 Å². The average molecular weight is 547 g/mol. The van der Waals surface area contributed by atoms with Gasteiger partial charge in [0.15, 0.2) is 23.0 Å². The number of nitrogens with zero attached hydrogens (tertiary/aromatic N) is 1. The van der Waals surface area contributed by atoms with Crippen LogP contribution in [0.5, 0.6) is 11.5 Å². The summed E-state index contributed by atoms with van der Waals surface area (Å²) in [7, 11) is 3.02. The van der Waals surface area contributed by atoms with Crippen LogP contribution >= 0.6 is 0 Å². The number of rotatable bonds is 6. The Kier molecular flexibility index (Phi) is 5.61. The lowest BCUT2D eigenvalue weighted by atomic mass is 9.63. The second-order valence-electron chi connectivity index (χ2n) is 10.4. The van der Waals surface area contributed by atoms with E-state index >= 15 is 0 Å². The number of hydrogen-bond acceptors (Lipinski definition) is 7. The van der Waals surface area contributed by atoms with Crippen molar-refractivity contribution >= 4 is 29.2 Å². The van der Waals surface area contributed by atoms with Gasteiger partial charge >= 0.3 is 0 Å². The van der Waals surface area contributed by atoms with Crippen LogP contribution in [0, 0.1) is 5.92 Å². The summed E-state index contributed by atoms with van der Waals surface area (Å²) in [6.07, 6.45) is 5.18. The number of carbonyl (C=O) groups excluding carboxylic acids is 3. The molecule has 1 saturated heterocycles. The number of para-hydroxylation sites is 1. The van der Waals surface area contributed by atoms with Gasteiger partial charge in [-0.15, -0.1) is 0 Å². The van der Waals surface area contributed by atoms with Crippen LogP contribution in [-0.2, 0) is 10.2 Å². The number of ketones is 2. The fourth-order valence-electron chi connectivity index (χ4n) is 6.90. The molecular weight excluding hydrogens is 520 g/mol. The minimum absolute atomic E-state index is 0.0915. The Bertz CT molecular complexity index is 1740. The van der Waals surface area contributed by atoms with Crippen LogP contribution in [0.4, 0.5) is 5.69 Å². The molecule has 1 N–H and O–H groups in total. The topological polar surface area (TPSA) is 98.1 Å². The number of anilines is 1. The summed E-state index contributed by atoms with van der Waals surface area (Å²) < 4.78 is 16.5. The lowest BCUT2D eigenvalue weighted by Crippen LogP contribution is -2.49. The van der Waals surface area contributed by atoms with Crippen LogP contribution in [0.2, 0.25) is 0 Å². The number of amides is 1. The monoisotopic (exact) mass is 546 g/mol. The molecule has 3 aliphatic rings. The maximum Gasteiger partial charge on any atom is 0.238 e. The van der Waals surface area contributed by atoms with Crippen molar-refractivity contribution in [2.75, 3.05) is 19.5 Å².